The maximum atomic E-state index is 13.4. The minimum Gasteiger partial charge on any atom is -0.375 e. The molecule has 0 aromatic carbocycles. The first kappa shape index (κ1) is 19.0. The lowest BCUT2D eigenvalue weighted by Gasteiger charge is -2.32. The van der Waals surface area contributed by atoms with Gasteiger partial charge >= 0.3 is 6.18 Å². The van der Waals surface area contributed by atoms with E-state index in [1.807, 2.05) is 6.92 Å². The predicted molar refractivity (Wildman–Crippen MR) is 90.1 cm³/mol. The second-order valence-corrected chi connectivity index (χ2v) is 7.03. The molecule has 2 atom stereocenters. The fraction of sp³-hybridized carbons (Fsp3) is 0.765. The van der Waals surface area contributed by atoms with Crippen LogP contribution in [0.5, 0.6) is 0 Å². The number of ether oxygens (including phenoxy) is 1. The quantitative estimate of drug-likeness (QED) is 0.880. The summed E-state index contributed by atoms with van der Waals surface area (Å²) < 4.78 is 46.3. The van der Waals surface area contributed by atoms with Gasteiger partial charge in [0, 0.05) is 38.2 Å². The molecule has 9 heteroatoms. The molecule has 2 aliphatic heterocycles. The van der Waals surface area contributed by atoms with Gasteiger partial charge in [-0.2, -0.15) is 18.3 Å². The van der Waals surface area contributed by atoms with Crippen LogP contribution in [0, 0.1) is 0 Å². The number of carbonyl (C=O) groups excluding carboxylic acids is 1. The smallest absolute Gasteiger partial charge is 0.375 e. The van der Waals surface area contributed by atoms with Gasteiger partial charge in [0.25, 0.3) is 0 Å². The Morgan fingerprint density at radius 1 is 1.38 bits per heavy atom. The van der Waals surface area contributed by atoms with Gasteiger partial charge in [-0.3, -0.25) is 4.79 Å². The molecule has 1 N–H and O–H groups in total. The maximum absolute atomic E-state index is 13.4. The molecule has 0 saturated carbocycles. The summed E-state index contributed by atoms with van der Waals surface area (Å²) in [5.74, 6) is 0.452. The average Bonchev–Trinajstić information content (AvgIpc) is 3.04. The maximum Gasteiger partial charge on any atom is 0.410 e. The monoisotopic (exact) mass is 374 g/mol. The SMILES string of the molecule is CC[C@@H]1C[C@H](C(F)(F)F)n2nc(C3CCN(C(=O)COC)CC3)cc2N1. The van der Waals surface area contributed by atoms with Crippen LogP contribution in [-0.2, 0) is 9.53 Å². The number of aromatic nitrogens is 2. The number of methoxy groups -OCH3 is 1. The van der Waals surface area contributed by atoms with Crippen molar-refractivity contribution in [1.29, 1.82) is 0 Å². The highest BCUT2D eigenvalue weighted by molar-refractivity contribution is 5.77. The number of anilines is 1. The second kappa shape index (κ2) is 7.46. The summed E-state index contributed by atoms with van der Waals surface area (Å²) in [6.07, 6.45) is -2.30. The molecule has 0 aliphatic carbocycles. The van der Waals surface area contributed by atoms with E-state index in [4.69, 9.17) is 4.74 Å². The van der Waals surface area contributed by atoms with Gasteiger partial charge in [0.2, 0.25) is 5.91 Å². The van der Waals surface area contributed by atoms with Gasteiger partial charge in [-0.15, -0.1) is 0 Å². The highest BCUT2D eigenvalue weighted by Gasteiger charge is 2.46. The Labute approximate surface area is 150 Å². The zero-order valence-electron chi connectivity index (χ0n) is 15.1. The topological polar surface area (TPSA) is 59.4 Å². The van der Waals surface area contributed by atoms with Crippen LogP contribution in [0.15, 0.2) is 6.07 Å². The van der Waals surface area contributed by atoms with E-state index in [1.165, 1.54) is 7.11 Å². The first-order valence-corrected chi connectivity index (χ1v) is 9.02. The fourth-order valence-electron chi connectivity index (χ4n) is 3.78. The number of rotatable bonds is 4. The average molecular weight is 374 g/mol. The largest absolute Gasteiger partial charge is 0.410 e. The lowest BCUT2D eigenvalue weighted by molar-refractivity contribution is -0.173. The molecule has 3 rings (SSSR count). The summed E-state index contributed by atoms with van der Waals surface area (Å²) >= 11 is 0. The first-order chi connectivity index (χ1) is 12.3. The molecule has 146 valence electrons. The van der Waals surface area contributed by atoms with Crippen molar-refractivity contribution in [2.75, 3.05) is 32.1 Å². The van der Waals surface area contributed by atoms with E-state index in [0.717, 1.165) is 4.68 Å². The number of hydrogen-bond acceptors (Lipinski definition) is 4. The minimum atomic E-state index is -4.32. The standard InChI is InChI=1S/C17H25F3N4O2/c1-3-12-8-14(17(18,19)20)24-15(21-12)9-13(22-24)11-4-6-23(7-5-11)16(25)10-26-2/h9,11-12,14,21H,3-8,10H2,1-2H3/t12-,14-/m1/s1. The van der Waals surface area contributed by atoms with E-state index in [-0.39, 0.29) is 30.9 Å². The summed E-state index contributed by atoms with van der Waals surface area (Å²) in [4.78, 5) is 13.6. The van der Waals surface area contributed by atoms with E-state index in [2.05, 4.69) is 10.4 Å². The van der Waals surface area contributed by atoms with Gasteiger partial charge in [0.15, 0.2) is 6.04 Å². The Hall–Kier alpha value is -1.77. The molecule has 1 aromatic heterocycles. The van der Waals surface area contributed by atoms with Crippen molar-refractivity contribution in [2.24, 2.45) is 0 Å². The van der Waals surface area contributed by atoms with Gasteiger partial charge in [0.1, 0.15) is 12.4 Å². The van der Waals surface area contributed by atoms with E-state index >= 15 is 0 Å². The lowest BCUT2D eigenvalue weighted by Crippen LogP contribution is -2.40. The first-order valence-electron chi connectivity index (χ1n) is 9.02. The molecule has 3 heterocycles. The van der Waals surface area contributed by atoms with Gasteiger partial charge in [-0.25, -0.2) is 4.68 Å². The van der Waals surface area contributed by atoms with Crippen LogP contribution in [0.25, 0.3) is 0 Å². The number of alkyl halides is 3. The molecule has 6 nitrogen and oxygen atoms in total. The summed E-state index contributed by atoms with van der Waals surface area (Å²) in [6, 6.07) is -0.0364. The molecule has 1 saturated heterocycles. The molecule has 2 aliphatic rings. The van der Waals surface area contributed by atoms with E-state index < -0.39 is 12.2 Å². The number of carbonyl (C=O) groups is 1. The van der Waals surface area contributed by atoms with Crippen LogP contribution in [0.3, 0.4) is 0 Å². The van der Waals surface area contributed by atoms with Gasteiger partial charge in [-0.1, -0.05) is 6.92 Å². The van der Waals surface area contributed by atoms with Gasteiger partial charge in [-0.05, 0) is 25.7 Å². The zero-order valence-corrected chi connectivity index (χ0v) is 15.1. The molecule has 1 fully saturated rings. The molecule has 1 aromatic rings. The van der Waals surface area contributed by atoms with Crippen LogP contribution in [0.1, 0.15) is 50.3 Å². The number of hydrogen-bond donors (Lipinski definition) is 1. The van der Waals surface area contributed by atoms with E-state index in [1.54, 1.807) is 11.0 Å². The van der Waals surface area contributed by atoms with Crippen molar-refractivity contribution in [3.63, 3.8) is 0 Å². The normalized spacial score (nSPS) is 24.3. The number of fused-ring (bicyclic) bond motifs is 1. The summed E-state index contributed by atoms with van der Waals surface area (Å²) in [5, 5.41) is 7.47. The number of nitrogens with one attached hydrogen (secondary N) is 1. The lowest BCUT2D eigenvalue weighted by atomic mass is 9.93. The molecule has 0 radical (unpaired) electrons. The van der Waals surface area contributed by atoms with E-state index in [9.17, 15) is 18.0 Å². The van der Waals surface area contributed by atoms with Crippen molar-refractivity contribution in [2.45, 2.75) is 56.8 Å². The number of amides is 1. The highest BCUT2D eigenvalue weighted by atomic mass is 19.4. The van der Waals surface area contributed by atoms with Gasteiger partial charge in [0.05, 0.1) is 5.69 Å². The third-order valence-electron chi connectivity index (χ3n) is 5.31. The molecule has 0 unspecified atom stereocenters. The molecular formula is C17H25F3N4O2. The van der Waals surface area contributed by atoms with Crippen LogP contribution in [0.4, 0.5) is 19.0 Å². The predicted octanol–water partition coefficient (Wildman–Crippen LogP) is 2.93. The number of likely N-dealkylation sites (tertiary alicyclic amines) is 1. The third kappa shape index (κ3) is 3.82. The fourth-order valence-corrected chi connectivity index (χ4v) is 3.78. The van der Waals surface area contributed by atoms with Crippen molar-refractivity contribution in [3.05, 3.63) is 11.8 Å². The van der Waals surface area contributed by atoms with Crippen LogP contribution in [-0.4, -0.2) is 59.6 Å². The minimum absolute atomic E-state index is 0.00190. The summed E-state index contributed by atoms with van der Waals surface area (Å²) in [7, 11) is 1.48. The van der Waals surface area contributed by atoms with E-state index in [0.29, 0.717) is 43.9 Å². The Balaban J connectivity index is 1.74. The van der Waals surface area contributed by atoms with Crippen LogP contribution < -0.4 is 5.32 Å². The summed E-state index contributed by atoms with van der Waals surface area (Å²) in [5.41, 5.74) is 0.678. The highest BCUT2D eigenvalue weighted by Crippen LogP contribution is 2.41. The molecule has 1 amide bonds. The molecule has 0 bridgehead atoms. The Morgan fingerprint density at radius 3 is 2.65 bits per heavy atom. The summed E-state index contributed by atoms with van der Waals surface area (Å²) in [6.45, 7) is 3.08. The van der Waals surface area contributed by atoms with Crippen LogP contribution >= 0.6 is 0 Å². The van der Waals surface area contributed by atoms with Crippen molar-refractivity contribution in [1.82, 2.24) is 14.7 Å². The van der Waals surface area contributed by atoms with Gasteiger partial charge < -0.3 is 15.0 Å². The Morgan fingerprint density at radius 2 is 2.08 bits per heavy atom. The van der Waals surface area contributed by atoms with Crippen molar-refractivity contribution < 1.29 is 22.7 Å². The Kier molecular flexibility index (Phi) is 5.45. The second-order valence-electron chi connectivity index (χ2n) is 7.03. The number of nitrogens with zero attached hydrogens (tertiary/aromatic N) is 3. The van der Waals surface area contributed by atoms with Crippen molar-refractivity contribution in [3.8, 4) is 0 Å². The molecule has 26 heavy (non-hydrogen) atoms. The zero-order chi connectivity index (χ0) is 18.9. The Bertz CT molecular complexity index is 638. The number of halogens is 3. The number of piperidine rings is 1. The van der Waals surface area contributed by atoms with Crippen LogP contribution in [0.2, 0.25) is 0 Å². The molecule has 0 spiro atoms. The van der Waals surface area contributed by atoms with Crippen molar-refractivity contribution >= 4 is 11.7 Å². The third-order valence-corrected chi connectivity index (χ3v) is 5.31. The molecular weight excluding hydrogens is 349 g/mol.